The number of benzene rings is 1. The van der Waals surface area contributed by atoms with Crippen LogP contribution in [0.5, 0.6) is 0 Å². The summed E-state index contributed by atoms with van der Waals surface area (Å²) < 4.78 is 38.2. The van der Waals surface area contributed by atoms with E-state index in [4.69, 9.17) is 9.79 Å². The molecule has 1 rings (SSSR count). The summed E-state index contributed by atoms with van der Waals surface area (Å²) in [4.78, 5) is 17.5. The molecule has 0 saturated heterocycles. The van der Waals surface area contributed by atoms with E-state index in [-0.39, 0.29) is 4.47 Å². The summed E-state index contributed by atoms with van der Waals surface area (Å²) in [6.45, 7) is 4.27. The van der Waals surface area contributed by atoms with E-state index >= 15 is 0 Å². The van der Waals surface area contributed by atoms with Crippen molar-refractivity contribution in [2.75, 3.05) is 5.75 Å². The minimum absolute atomic E-state index is 0.0118. The zero-order chi connectivity index (χ0) is 16.3. The summed E-state index contributed by atoms with van der Waals surface area (Å²) in [5.74, 6) is 2.27. The van der Waals surface area contributed by atoms with Crippen molar-refractivity contribution in [2.45, 2.75) is 31.7 Å². The number of thioether (sulfide) groups is 1. The highest BCUT2D eigenvalue weighted by molar-refractivity contribution is 9.10. The molecule has 0 heterocycles. The molecule has 1 aromatic rings. The molecule has 0 atom stereocenters. The Morgan fingerprint density at radius 3 is 2.48 bits per heavy atom. The molecule has 0 amide bonds. The van der Waals surface area contributed by atoms with Crippen LogP contribution in [0.1, 0.15) is 31.4 Å². The molecule has 1 aromatic carbocycles. The first-order valence-corrected chi connectivity index (χ1v) is 9.92. The van der Waals surface area contributed by atoms with Crippen molar-refractivity contribution in [1.29, 1.82) is 0 Å². The predicted molar refractivity (Wildman–Crippen MR) is 85.7 cm³/mol. The molecule has 0 aliphatic carbocycles. The van der Waals surface area contributed by atoms with Gasteiger partial charge in [-0.3, -0.25) is 4.57 Å². The van der Waals surface area contributed by atoms with Gasteiger partial charge in [0.25, 0.3) is 0 Å². The first-order chi connectivity index (χ1) is 9.55. The maximum Gasteiger partial charge on any atom is 0.399 e. The summed E-state index contributed by atoms with van der Waals surface area (Å²) >= 11 is 4.68. The molecule has 21 heavy (non-hydrogen) atoms. The van der Waals surface area contributed by atoms with Crippen molar-refractivity contribution >= 4 is 35.3 Å². The minimum atomic E-state index is -5.54. The smallest absolute Gasteiger partial charge is 0.320 e. The van der Waals surface area contributed by atoms with E-state index in [1.807, 2.05) is 0 Å². The predicted octanol–water partition coefficient (Wildman–Crippen LogP) is 4.96. The van der Waals surface area contributed by atoms with Crippen LogP contribution in [0.2, 0.25) is 0 Å². The van der Waals surface area contributed by atoms with Gasteiger partial charge in [-0.15, -0.1) is 0 Å². The van der Waals surface area contributed by atoms with Gasteiger partial charge in [-0.1, -0.05) is 41.9 Å². The van der Waals surface area contributed by atoms with Crippen molar-refractivity contribution in [2.24, 2.45) is 5.92 Å². The Hall–Kier alpha value is 0.0600. The molecule has 0 spiro atoms. The van der Waals surface area contributed by atoms with Crippen LogP contribution >= 0.6 is 35.3 Å². The van der Waals surface area contributed by atoms with Crippen LogP contribution in [-0.2, 0) is 16.0 Å². The first kappa shape index (κ1) is 19.1. The van der Waals surface area contributed by atoms with Crippen LogP contribution in [-0.4, -0.2) is 15.5 Å². The van der Waals surface area contributed by atoms with E-state index in [9.17, 15) is 13.3 Å². The third-order valence-corrected chi connectivity index (χ3v) is 5.52. The zero-order valence-corrected chi connectivity index (χ0v) is 15.0. The average Bonchev–Trinajstić information content (AvgIpc) is 2.32. The molecule has 8 heteroatoms. The number of hydrogen-bond donors (Lipinski definition) is 2. The average molecular weight is 403 g/mol. The maximum atomic E-state index is 13.7. The lowest BCUT2D eigenvalue weighted by molar-refractivity contribution is 0.0557. The van der Waals surface area contributed by atoms with Crippen LogP contribution in [0.25, 0.3) is 0 Å². The molecule has 2 N–H and O–H groups in total. The van der Waals surface area contributed by atoms with Gasteiger partial charge in [-0.05, 0) is 29.7 Å². The van der Waals surface area contributed by atoms with Gasteiger partial charge in [0, 0.05) is 15.8 Å². The fourth-order valence-electron chi connectivity index (χ4n) is 1.56. The normalized spacial score (nSPS) is 13.0. The largest absolute Gasteiger partial charge is 0.399 e. The second-order valence-electron chi connectivity index (χ2n) is 5.13. The lowest BCUT2D eigenvalue weighted by Gasteiger charge is -2.19. The fourth-order valence-corrected chi connectivity index (χ4v) is 4.09. The second-order valence-corrected chi connectivity index (χ2v) is 8.74. The van der Waals surface area contributed by atoms with Gasteiger partial charge in [0.2, 0.25) is 0 Å². The highest BCUT2D eigenvalue weighted by atomic mass is 79.9. The van der Waals surface area contributed by atoms with Crippen molar-refractivity contribution in [3.8, 4) is 0 Å². The number of hydrogen-bond acceptors (Lipinski definition) is 2. The van der Waals surface area contributed by atoms with Crippen molar-refractivity contribution in [1.82, 2.24) is 0 Å². The quantitative estimate of drug-likeness (QED) is 0.500. The minimum Gasteiger partial charge on any atom is -0.320 e. The van der Waals surface area contributed by atoms with Crippen LogP contribution in [0.15, 0.2) is 22.7 Å². The van der Waals surface area contributed by atoms with Crippen LogP contribution in [0.3, 0.4) is 0 Å². The van der Waals surface area contributed by atoms with Crippen molar-refractivity contribution in [3.63, 3.8) is 0 Å². The third-order valence-electron chi connectivity index (χ3n) is 2.83. The summed E-state index contributed by atoms with van der Waals surface area (Å²) in [7, 11) is -5.54. The Morgan fingerprint density at radius 2 is 2.00 bits per heavy atom. The molecule has 0 aromatic heterocycles. The van der Waals surface area contributed by atoms with E-state index in [0.29, 0.717) is 11.7 Å². The molecule has 0 fully saturated rings. The van der Waals surface area contributed by atoms with Gasteiger partial charge in [0.05, 0.1) is 0 Å². The Balaban J connectivity index is 2.80. The van der Waals surface area contributed by atoms with Gasteiger partial charge in [0.1, 0.15) is 0 Å². The van der Waals surface area contributed by atoms with Gasteiger partial charge >= 0.3 is 13.3 Å². The van der Waals surface area contributed by atoms with Crippen molar-refractivity contribution < 1.29 is 23.1 Å². The molecular formula is C13H18BrF2O3PS. The SMILES string of the molecule is CC(C)CCSCc1ccc(C(F)(F)P(=O)(O)O)c(Br)c1. The monoisotopic (exact) mass is 402 g/mol. The lowest BCUT2D eigenvalue weighted by Crippen LogP contribution is -2.14. The Morgan fingerprint density at radius 1 is 1.38 bits per heavy atom. The van der Waals surface area contributed by atoms with E-state index in [1.165, 1.54) is 12.1 Å². The van der Waals surface area contributed by atoms with Gasteiger partial charge < -0.3 is 9.79 Å². The zero-order valence-electron chi connectivity index (χ0n) is 11.7. The topological polar surface area (TPSA) is 57.5 Å². The van der Waals surface area contributed by atoms with E-state index in [1.54, 1.807) is 11.8 Å². The Labute approximate surface area is 135 Å². The number of halogens is 3. The highest BCUT2D eigenvalue weighted by Crippen LogP contribution is 2.60. The van der Waals surface area contributed by atoms with Gasteiger partial charge in [-0.2, -0.15) is 20.5 Å². The first-order valence-electron chi connectivity index (χ1n) is 6.36. The number of alkyl halides is 2. The molecular weight excluding hydrogens is 385 g/mol. The molecule has 0 aliphatic rings. The van der Waals surface area contributed by atoms with Gasteiger partial charge in [0.15, 0.2) is 0 Å². The Kier molecular flexibility index (Phi) is 6.87. The van der Waals surface area contributed by atoms with Crippen LogP contribution in [0.4, 0.5) is 8.78 Å². The molecule has 0 unspecified atom stereocenters. The van der Waals surface area contributed by atoms with E-state index in [2.05, 4.69) is 29.8 Å². The fraction of sp³-hybridized carbons (Fsp3) is 0.538. The molecule has 0 saturated carbocycles. The van der Waals surface area contributed by atoms with Crippen molar-refractivity contribution in [3.05, 3.63) is 33.8 Å². The van der Waals surface area contributed by atoms with Crippen LogP contribution in [0, 0.1) is 5.92 Å². The summed E-state index contributed by atoms with van der Waals surface area (Å²) in [6, 6.07) is 4.04. The highest BCUT2D eigenvalue weighted by Gasteiger charge is 2.51. The van der Waals surface area contributed by atoms with E-state index in [0.717, 1.165) is 23.8 Å². The third kappa shape index (κ3) is 5.32. The molecule has 3 nitrogen and oxygen atoms in total. The standard InChI is InChI=1S/C13H18BrF2O3PS/c1-9(2)5-6-21-8-10-3-4-11(12(14)7-10)13(15,16)20(17,18)19/h3-4,7,9H,5-6,8H2,1-2H3,(H2,17,18,19). The summed E-state index contributed by atoms with van der Waals surface area (Å²) in [6.07, 6.45) is 1.08. The summed E-state index contributed by atoms with van der Waals surface area (Å²) in [5, 5.41) is 0. The second kappa shape index (κ2) is 7.55. The van der Waals surface area contributed by atoms with Crippen LogP contribution < -0.4 is 0 Å². The molecule has 0 aliphatic heterocycles. The Bertz CT molecular complexity index is 534. The molecule has 120 valence electrons. The number of rotatable bonds is 7. The maximum absolute atomic E-state index is 13.7. The lowest BCUT2D eigenvalue weighted by atomic mass is 10.1. The van der Waals surface area contributed by atoms with E-state index < -0.39 is 18.8 Å². The molecule has 0 bridgehead atoms. The molecule has 0 radical (unpaired) electrons. The van der Waals surface area contributed by atoms with Gasteiger partial charge in [-0.25, -0.2) is 0 Å². The summed E-state index contributed by atoms with van der Waals surface area (Å²) in [5.41, 5.74) is -4.04.